The van der Waals surface area contributed by atoms with Crippen LogP contribution in [-0.2, 0) is 28.9 Å². The largest absolute Gasteiger partial charge is 0.508 e. The van der Waals surface area contributed by atoms with E-state index in [0.717, 1.165) is 46.7 Å². The van der Waals surface area contributed by atoms with Gasteiger partial charge < -0.3 is 19.3 Å². The van der Waals surface area contributed by atoms with E-state index < -0.39 is 11.2 Å². The number of hydrogen-bond acceptors (Lipinski definition) is 6. The molecule has 1 N–H and O–H groups in total. The van der Waals surface area contributed by atoms with Crippen molar-refractivity contribution in [2.75, 3.05) is 22.9 Å². The van der Waals surface area contributed by atoms with E-state index in [1.165, 1.54) is 0 Å². The van der Waals surface area contributed by atoms with Crippen LogP contribution in [0.3, 0.4) is 0 Å². The Labute approximate surface area is 242 Å². The van der Waals surface area contributed by atoms with Crippen molar-refractivity contribution in [2.45, 2.75) is 72.2 Å². The van der Waals surface area contributed by atoms with E-state index in [2.05, 4.69) is 0 Å². The fourth-order valence-corrected chi connectivity index (χ4v) is 4.61. The third-order valence-electron chi connectivity index (χ3n) is 6.38. The van der Waals surface area contributed by atoms with Crippen LogP contribution < -0.4 is 14.5 Å². The number of amides is 2. The molecule has 2 aliphatic rings. The number of rotatable bonds is 3. The summed E-state index contributed by atoms with van der Waals surface area (Å²) < 4.78 is 16.7. The number of fused-ring (bicyclic) bond motifs is 2. The minimum Gasteiger partial charge on any atom is -0.508 e. The van der Waals surface area contributed by atoms with Crippen molar-refractivity contribution >= 4 is 23.6 Å². The molecule has 0 spiro atoms. The second kappa shape index (κ2) is 12.1. The normalized spacial score (nSPS) is 14.0. The van der Waals surface area contributed by atoms with Crippen LogP contribution in [0.25, 0.3) is 0 Å². The summed E-state index contributed by atoms with van der Waals surface area (Å²) in [6.07, 6.45) is 0.946. The average Bonchev–Trinajstić information content (AvgIpc) is 3.50. The Morgan fingerprint density at radius 3 is 1.78 bits per heavy atom. The van der Waals surface area contributed by atoms with Crippen LogP contribution >= 0.6 is 0 Å². The van der Waals surface area contributed by atoms with Gasteiger partial charge in [0.25, 0.3) is 0 Å². The summed E-state index contributed by atoms with van der Waals surface area (Å²) in [7, 11) is 0. The van der Waals surface area contributed by atoms with E-state index in [-0.39, 0.29) is 17.9 Å². The number of phenols is 1. The van der Waals surface area contributed by atoms with Gasteiger partial charge in [-0.15, -0.1) is 0 Å². The first-order valence-electron chi connectivity index (χ1n) is 13.9. The molecular formula is C33H40N2O6. The van der Waals surface area contributed by atoms with E-state index in [1.54, 1.807) is 28.0 Å². The third kappa shape index (κ3) is 8.16. The van der Waals surface area contributed by atoms with Crippen molar-refractivity contribution in [3.05, 3.63) is 83.4 Å². The Bertz CT molecular complexity index is 1370. The third-order valence-corrected chi connectivity index (χ3v) is 6.38. The number of ether oxygens (including phenoxy) is 3. The quantitative estimate of drug-likeness (QED) is 0.363. The summed E-state index contributed by atoms with van der Waals surface area (Å²) in [4.78, 5) is 27.5. The predicted molar refractivity (Wildman–Crippen MR) is 160 cm³/mol. The molecule has 5 rings (SSSR count). The highest BCUT2D eigenvalue weighted by Crippen LogP contribution is 2.33. The van der Waals surface area contributed by atoms with Gasteiger partial charge in [-0.2, -0.15) is 0 Å². The van der Waals surface area contributed by atoms with Crippen LogP contribution in [-0.4, -0.2) is 41.6 Å². The van der Waals surface area contributed by atoms with Crippen molar-refractivity contribution in [2.24, 2.45) is 0 Å². The standard InChI is InChI=1S/C20H23NO3.C13H17NO3/c1-20(2,3)24-19(22)21-12-11-16-13-17(9-10-18(16)21)23-14-15-7-5-4-6-8-15;1-13(2,3)17-12(16)14-7-6-9-8-10(15)4-5-11(9)14/h4-10,13H,11-12,14H2,1-3H3;4-5,8,15H,6-7H2,1-3H3. The highest BCUT2D eigenvalue weighted by atomic mass is 16.6. The van der Waals surface area contributed by atoms with Gasteiger partial charge in [0.1, 0.15) is 29.3 Å². The van der Waals surface area contributed by atoms with Crippen molar-refractivity contribution in [1.82, 2.24) is 0 Å². The van der Waals surface area contributed by atoms with Crippen LogP contribution in [0.5, 0.6) is 11.5 Å². The number of carbonyl (C=O) groups is 2. The van der Waals surface area contributed by atoms with Crippen molar-refractivity contribution in [3.8, 4) is 11.5 Å². The lowest BCUT2D eigenvalue weighted by atomic mass is 10.1. The Kier molecular flexibility index (Phi) is 8.80. The van der Waals surface area contributed by atoms with Gasteiger partial charge >= 0.3 is 12.2 Å². The van der Waals surface area contributed by atoms with Gasteiger partial charge in [0.05, 0.1) is 11.4 Å². The minimum absolute atomic E-state index is 0.231. The van der Waals surface area contributed by atoms with Crippen LogP contribution in [0.4, 0.5) is 21.0 Å². The first kappa shape index (κ1) is 29.8. The van der Waals surface area contributed by atoms with E-state index in [0.29, 0.717) is 19.7 Å². The maximum Gasteiger partial charge on any atom is 0.414 e. The van der Waals surface area contributed by atoms with E-state index in [9.17, 15) is 14.7 Å². The Morgan fingerprint density at radius 2 is 1.24 bits per heavy atom. The molecule has 0 aromatic heterocycles. The SMILES string of the molecule is CC(C)(C)OC(=O)N1CCc2cc(O)ccc21.CC(C)(C)OC(=O)N1CCc2cc(OCc3ccccc3)ccc21. The Balaban J connectivity index is 0.000000201. The van der Waals surface area contributed by atoms with Gasteiger partial charge in [-0.1, -0.05) is 30.3 Å². The van der Waals surface area contributed by atoms with Gasteiger partial charge in [0, 0.05) is 13.1 Å². The smallest absolute Gasteiger partial charge is 0.414 e. The lowest BCUT2D eigenvalue weighted by Gasteiger charge is -2.24. The summed E-state index contributed by atoms with van der Waals surface area (Å²) in [5, 5.41) is 9.37. The molecular weight excluding hydrogens is 520 g/mol. The van der Waals surface area contributed by atoms with Crippen molar-refractivity contribution in [1.29, 1.82) is 0 Å². The molecule has 218 valence electrons. The first-order valence-corrected chi connectivity index (χ1v) is 13.9. The lowest BCUT2D eigenvalue weighted by molar-refractivity contribution is 0.0573. The zero-order valence-electron chi connectivity index (χ0n) is 24.8. The van der Waals surface area contributed by atoms with Gasteiger partial charge in [-0.3, -0.25) is 9.80 Å². The second-order valence-corrected chi connectivity index (χ2v) is 12.1. The van der Waals surface area contributed by atoms with Gasteiger partial charge in [-0.05, 0) is 107 Å². The fraction of sp³-hybridized carbons (Fsp3) is 0.394. The molecule has 0 bridgehead atoms. The predicted octanol–water partition coefficient (Wildman–Crippen LogP) is 7.25. The number of phenolic OH excluding ortho intramolecular Hbond substituents is 1. The zero-order valence-corrected chi connectivity index (χ0v) is 24.8. The molecule has 8 heteroatoms. The molecule has 0 radical (unpaired) electrons. The van der Waals surface area contributed by atoms with Crippen LogP contribution in [0.2, 0.25) is 0 Å². The number of carbonyl (C=O) groups excluding carboxylic acids is 2. The van der Waals surface area contributed by atoms with Gasteiger partial charge in [0.2, 0.25) is 0 Å². The maximum absolute atomic E-state index is 12.3. The molecule has 0 atom stereocenters. The molecule has 2 amide bonds. The molecule has 2 aliphatic heterocycles. The van der Waals surface area contributed by atoms with Crippen molar-refractivity contribution < 1.29 is 28.9 Å². The molecule has 0 unspecified atom stereocenters. The first-order chi connectivity index (χ1) is 19.3. The molecule has 41 heavy (non-hydrogen) atoms. The van der Waals surface area contributed by atoms with E-state index >= 15 is 0 Å². The number of hydrogen-bond donors (Lipinski definition) is 1. The topological polar surface area (TPSA) is 88.5 Å². The number of nitrogens with zero attached hydrogens (tertiary/aromatic N) is 2. The van der Waals surface area contributed by atoms with Gasteiger partial charge in [0.15, 0.2) is 0 Å². The van der Waals surface area contributed by atoms with E-state index in [4.69, 9.17) is 14.2 Å². The Hall–Kier alpha value is -4.20. The van der Waals surface area contributed by atoms with E-state index in [1.807, 2.05) is 90.1 Å². The molecule has 0 saturated carbocycles. The van der Waals surface area contributed by atoms with Crippen LogP contribution in [0, 0.1) is 0 Å². The molecule has 8 nitrogen and oxygen atoms in total. The molecule has 2 heterocycles. The fourth-order valence-electron chi connectivity index (χ4n) is 4.61. The highest BCUT2D eigenvalue weighted by molar-refractivity contribution is 5.91. The van der Waals surface area contributed by atoms with Crippen molar-refractivity contribution in [3.63, 3.8) is 0 Å². The molecule has 0 saturated heterocycles. The van der Waals surface area contributed by atoms with Crippen LogP contribution in [0.15, 0.2) is 66.7 Å². The number of anilines is 2. The lowest BCUT2D eigenvalue weighted by Crippen LogP contribution is -2.35. The number of aromatic hydroxyl groups is 1. The second-order valence-electron chi connectivity index (χ2n) is 12.1. The molecule has 0 fully saturated rings. The van der Waals surface area contributed by atoms with Crippen LogP contribution in [0.1, 0.15) is 58.2 Å². The summed E-state index contributed by atoms with van der Waals surface area (Å²) in [6, 6.07) is 21.0. The monoisotopic (exact) mass is 560 g/mol. The summed E-state index contributed by atoms with van der Waals surface area (Å²) in [5.74, 6) is 1.05. The molecule has 0 aliphatic carbocycles. The summed E-state index contributed by atoms with van der Waals surface area (Å²) >= 11 is 0. The molecule has 3 aromatic carbocycles. The average molecular weight is 561 g/mol. The minimum atomic E-state index is -0.489. The summed E-state index contributed by atoms with van der Waals surface area (Å²) in [6.45, 7) is 13.0. The summed E-state index contributed by atoms with van der Waals surface area (Å²) in [5.41, 5.74) is 4.00. The van der Waals surface area contributed by atoms with Gasteiger partial charge in [-0.25, -0.2) is 9.59 Å². The number of benzene rings is 3. The zero-order chi connectivity index (χ0) is 29.8. The Morgan fingerprint density at radius 1 is 0.732 bits per heavy atom. The highest BCUT2D eigenvalue weighted by Gasteiger charge is 2.30. The maximum atomic E-state index is 12.3. The molecule has 3 aromatic rings.